The van der Waals surface area contributed by atoms with Gasteiger partial charge in [-0.15, -0.1) is 24.0 Å². The Labute approximate surface area is 196 Å². The molecule has 0 saturated carbocycles. The van der Waals surface area contributed by atoms with Crippen molar-refractivity contribution in [3.8, 4) is 0 Å². The smallest absolute Gasteiger partial charge is 0.251 e. The Morgan fingerprint density at radius 1 is 0.967 bits per heavy atom. The van der Waals surface area contributed by atoms with Gasteiger partial charge in [0.1, 0.15) is 0 Å². The number of carbonyl (C=O) groups is 1. The standard InChI is InChI=1S/C23H32N4O2.HI/c1-24-22(28)21-12-8-11-19(17-21)13-15-27-23(25-2)26-14-6-7-16-29-18-20-9-4-3-5-10-20;/h3-5,8-12,17H,6-7,13-16,18H2,1-2H3,(H,24,28)(H2,25,26,27);1H. The molecule has 0 spiro atoms. The molecular formula is C23H33IN4O2. The molecule has 30 heavy (non-hydrogen) atoms. The number of amides is 1. The molecule has 0 saturated heterocycles. The Balaban J connectivity index is 0.00000450. The van der Waals surface area contributed by atoms with E-state index in [1.54, 1.807) is 14.1 Å². The van der Waals surface area contributed by atoms with E-state index in [9.17, 15) is 4.79 Å². The van der Waals surface area contributed by atoms with Crippen LogP contribution < -0.4 is 16.0 Å². The van der Waals surface area contributed by atoms with E-state index in [1.165, 1.54) is 5.56 Å². The molecule has 0 aromatic heterocycles. The molecule has 0 bridgehead atoms. The molecule has 7 heteroatoms. The van der Waals surface area contributed by atoms with E-state index in [0.29, 0.717) is 12.2 Å². The largest absolute Gasteiger partial charge is 0.377 e. The van der Waals surface area contributed by atoms with Gasteiger partial charge < -0.3 is 20.7 Å². The molecule has 0 aliphatic rings. The van der Waals surface area contributed by atoms with Crippen molar-refractivity contribution in [1.82, 2.24) is 16.0 Å². The van der Waals surface area contributed by atoms with E-state index in [-0.39, 0.29) is 29.9 Å². The monoisotopic (exact) mass is 524 g/mol. The number of ether oxygens (including phenoxy) is 1. The number of nitrogens with one attached hydrogen (secondary N) is 3. The Morgan fingerprint density at radius 3 is 2.43 bits per heavy atom. The van der Waals surface area contributed by atoms with Gasteiger partial charge in [-0.3, -0.25) is 9.79 Å². The lowest BCUT2D eigenvalue weighted by Gasteiger charge is -2.12. The SMILES string of the molecule is CN=C(NCCCCOCc1ccccc1)NCCc1cccc(C(=O)NC)c1.I. The molecule has 2 aromatic rings. The van der Waals surface area contributed by atoms with Crippen LogP contribution in [0.1, 0.15) is 34.3 Å². The highest BCUT2D eigenvalue weighted by Crippen LogP contribution is 2.05. The Bertz CT molecular complexity index is 769. The van der Waals surface area contributed by atoms with Gasteiger partial charge in [0.25, 0.3) is 5.91 Å². The quantitative estimate of drug-likeness (QED) is 0.183. The van der Waals surface area contributed by atoms with Crippen LogP contribution in [0.15, 0.2) is 59.6 Å². The second-order valence-electron chi connectivity index (χ2n) is 6.70. The number of aliphatic imine (C=N–C) groups is 1. The van der Waals surface area contributed by atoms with Gasteiger partial charge in [-0.25, -0.2) is 0 Å². The molecule has 0 atom stereocenters. The summed E-state index contributed by atoms with van der Waals surface area (Å²) in [5.74, 6) is 0.725. The molecule has 6 nitrogen and oxygen atoms in total. The summed E-state index contributed by atoms with van der Waals surface area (Å²) in [6, 6.07) is 17.9. The topological polar surface area (TPSA) is 74.8 Å². The Kier molecular flexibility index (Phi) is 13.5. The Morgan fingerprint density at radius 2 is 1.70 bits per heavy atom. The summed E-state index contributed by atoms with van der Waals surface area (Å²) in [6.45, 7) is 3.01. The fourth-order valence-corrected chi connectivity index (χ4v) is 2.86. The molecule has 0 aliphatic heterocycles. The second kappa shape index (κ2) is 15.7. The van der Waals surface area contributed by atoms with E-state index in [4.69, 9.17) is 4.74 Å². The zero-order valence-electron chi connectivity index (χ0n) is 17.8. The highest BCUT2D eigenvalue weighted by atomic mass is 127. The molecule has 0 aliphatic carbocycles. The first-order valence-corrected chi connectivity index (χ1v) is 10.1. The van der Waals surface area contributed by atoms with Crippen LogP contribution in [0.5, 0.6) is 0 Å². The van der Waals surface area contributed by atoms with Crippen LogP contribution in [-0.4, -0.2) is 45.7 Å². The molecule has 164 valence electrons. The van der Waals surface area contributed by atoms with Crippen LogP contribution in [0.2, 0.25) is 0 Å². The van der Waals surface area contributed by atoms with Crippen LogP contribution in [-0.2, 0) is 17.8 Å². The first-order valence-electron chi connectivity index (χ1n) is 10.1. The number of carbonyl (C=O) groups excluding carboxylic acids is 1. The third-order valence-electron chi connectivity index (χ3n) is 4.47. The Hall–Kier alpha value is -2.13. The van der Waals surface area contributed by atoms with E-state index >= 15 is 0 Å². The zero-order chi connectivity index (χ0) is 20.7. The number of hydrogen-bond acceptors (Lipinski definition) is 3. The third-order valence-corrected chi connectivity index (χ3v) is 4.47. The van der Waals surface area contributed by atoms with Crippen molar-refractivity contribution in [3.63, 3.8) is 0 Å². The average Bonchev–Trinajstić information content (AvgIpc) is 2.77. The average molecular weight is 524 g/mol. The predicted octanol–water partition coefficient (Wildman–Crippen LogP) is 3.37. The van der Waals surface area contributed by atoms with Crippen LogP contribution in [0.3, 0.4) is 0 Å². The summed E-state index contributed by atoms with van der Waals surface area (Å²) in [7, 11) is 3.41. The number of halogens is 1. The minimum Gasteiger partial charge on any atom is -0.377 e. The van der Waals surface area contributed by atoms with Crippen LogP contribution >= 0.6 is 24.0 Å². The minimum absolute atomic E-state index is 0. The maximum absolute atomic E-state index is 11.7. The first kappa shape index (κ1) is 25.9. The van der Waals surface area contributed by atoms with Crippen molar-refractivity contribution >= 4 is 35.8 Å². The molecule has 0 unspecified atom stereocenters. The lowest BCUT2D eigenvalue weighted by Crippen LogP contribution is -2.38. The summed E-state index contributed by atoms with van der Waals surface area (Å²) in [6.07, 6.45) is 2.84. The molecule has 1 amide bonds. The van der Waals surface area contributed by atoms with Crippen molar-refractivity contribution in [3.05, 3.63) is 71.3 Å². The lowest BCUT2D eigenvalue weighted by atomic mass is 10.1. The highest BCUT2D eigenvalue weighted by Gasteiger charge is 2.04. The van der Waals surface area contributed by atoms with E-state index in [2.05, 4.69) is 33.1 Å². The predicted molar refractivity (Wildman–Crippen MR) is 134 cm³/mol. The molecule has 0 heterocycles. The summed E-state index contributed by atoms with van der Waals surface area (Å²) in [4.78, 5) is 16.0. The normalized spacial score (nSPS) is 10.8. The number of hydrogen-bond donors (Lipinski definition) is 3. The molecule has 2 aromatic carbocycles. The number of rotatable bonds is 11. The highest BCUT2D eigenvalue weighted by molar-refractivity contribution is 14.0. The molecule has 0 fully saturated rings. The van der Waals surface area contributed by atoms with E-state index in [1.807, 2.05) is 42.5 Å². The third kappa shape index (κ3) is 10.1. The fourth-order valence-electron chi connectivity index (χ4n) is 2.86. The summed E-state index contributed by atoms with van der Waals surface area (Å²) in [5, 5.41) is 9.28. The molecular weight excluding hydrogens is 491 g/mol. The first-order chi connectivity index (χ1) is 14.2. The fraction of sp³-hybridized carbons (Fsp3) is 0.391. The van der Waals surface area contributed by atoms with Gasteiger partial charge in [-0.05, 0) is 42.5 Å². The van der Waals surface area contributed by atoms with Gasteiger partial charge in [0.2, 0.25) is 0 Å². The van der Waals surface area contributed by atoms with Gasteiger partial charge in [-0.1, -0.05) is 42.5 Å². The number of benzene rings is 2. The van der Waals surface area contributed by atoms with Gasteiger partial charge in [0.15, 0.2) is 5.96 Å². The van der Waals surface area contributed by atoms with Gasteiger partial charge in [0, 0.05) is 39.4 Å². The zero-order valence-corrected chi connectivity index (χ0v) is 20.1. The minimum atomic E-state index is -0.0648. The molecule has 0 radical (unpaired) electrons. The van der Waals surface area contributed by atoms with Crippen LogP contribution in [0.25, 0.3) is 0 Å². The summed E-state index contributed by atoms with van der Waals surface area (Å²) < 4.78 is 5.70. The van der Waals surface area contributed by atoms with Crippen molar-refractivity contribution < 1.29 is 9.53 Å². The van der Waals surface area contributed by atoms with Crippen LogP contribution in [0, 0.1) is 0 Å². The van der Waals surface area contributed by atoms with E-state index < -0.39 is 0 Å². The summed E-state index contributed by atoms with van der Waals surface area (Å²) in [5.41, 5.74) is 3.00. The number of guanidine groups is 1. The maximum atomic E-state index is 11.7. The number of nitrogens with zero attached hydrogens (tertiary/aromatic N) is 1. The molecule has 3 N–H and O–H groups in total. The molecule has 2 rings (SSSR count). The van der Waals surface area contributed by atoms with Crippen molar-refractivity contribution in [2.45, 2.75) is 25.9 Å². The lowest BCUT2D eigenvalue weighted by molar-refractivity contribution is 0.0963. The van der Waals surface area contributed by atoms with E-state index in [0.717, 1.165) is 50.5 Å². The number of unbranched alkanes of at least 4 members (excludes halogenated alkanes) is 1. The second-order valence-corrected chi connectivity index (χ2v) is 6.70. The van der Waals surface area contributed by atoms with Crippen molar-refractivity contribution in [2.24, 2.45) is 4.99 Å². The van der Waals surface area contributed by atoms with Gasteiger partial charge >= 0.3 is 0 Å². The summed E-state index contributed by atoms with van der Waals surface area (Å²) >= 11 is 0. The van der Waals surface area contributed by atoms with Crippen LogP contribution in [0.4, 0.5) is 0 Å². The van der Waals surface area contributed by atoms with Gasteiger partial charge in [0.05, 0.1) is 6.61 Å². The van der Waals surface area contributed by atoms with Crippen molar-refractivity contribution in [1.29, 1.82) is 0 Å². The van der Waals surface area contributed by atoms with Gasteiger partial charge in [-0.2, -0.15) is 0 Å². The van der Waals surface area contributed by atoms with Crippen molar-refractivity contribution in [2.75, 3.05) is 33.8 Å². The maximum Gasteiger partial charge on any atom is 0.251 e.